The number of rotatable bonds is 0. The van der Waals surface area contributed by atoms with E-state index in [2.05, 4.69) is 0 Å². The van der Waals surface area contributed by atoms with Crippen molar-refractivity contribution in [1.82, 2.24) is 0 Å². The molecule has 4 heteroatoms. The molecule has 0 amide bonds. The van der Waals surface area contributed by atoms with E-state index in [1.54, 1.807) is 13.0 Å². The first-order chi connectivity index (χ1) is 7.66. The van der Waals surface area contributed by atoms with E-state index in [0.29, 0.717) is 35.7 Å². The lowest BCUT2D eigenvalue weighted by atomic mass is 10.1. The third-order valence-corrected chi connectivity index (χ3v) is 2.79. The molecule has 0 saturated carbocycles. The Bertz CT molecular complexity index is 639. The van der Waals surface area contributed by atoms with Crippen molar-refractivity contribution >= 4 is 11.0 Å². The van der Waals surface area contributed by atoms with E-state index in [1.165, 1.54) is 6.07 Å². The smallest absolute Gasteiger partial charge is 0.196 e. The molecule has 1 N–H and O–H groups in total. The molecule has 4 nitrogen and oxygen atoms in total. The lowest BCUT2D eigenvalue weighted by Gasteiger charge is -2.05. The maximum atomic E-state index is 11.8. The normalized spacial score (nSPS) is 13.8. The minimum absolute atomic E-state index is 0.00116. The number of hydrogen-bond donors (Lipinski definition) is 1. The summed E-state index contributed by atoms with van der Waals surface area (Å²) in [5, 5.41) is 10.2. The molecule has 1 aliphatic heterocycles. The minimum Gasteiger partial charge on any atom is -0.507 e. The van der Waals surface area contributed by atoms with E-state index in [1.807, 2.05) is 0 Å². The fraction of sp³-hybridized carbons (Fsp3) is 0.250. The van der Waals surface area contributed by atoms with Crippen LogP contribution in [0, 0.1) is 6.92 Å². The molecule has 0 aliphatic carbocycles. The summed E-state index contributed by atoms with van der Waals surface area (Å²) in [4.78, 5) is 11.8. The van der Waals surface area contributed by atoms with E-state index >= 15 is 0 Å². The monoisotopic (exact) mass is 218 g/mol. The van der Waals surface area contributed by atoms with Gasteiger partial charge in [-0.2, -0.15) is 0 Å². The molecule has 3 rings (SSSR count). The van der Waals surface area contributed by atoms with Gasteiger partial charge in [-0.05, 0) is 6.92 Å². The van der Waals surface area contributed by atoms with E-state index < -0.39 is 0 Å². The second-order valence-corrected chi connectivity index (χ2v) is 3.89. The maximum absolute atomic E-state index is 11.8. The van der Waals surface area contributed by atoms with Crippen LogP contribution in [0.5, 0.6) is 11.5 Å². The van der Waals surface area contributed by atoms with Gasteiger partial charge in [0.2, 0.25) is 0 Å². The zero-order chi connectivity index (χ0) is 11.3. The summed E-state index contributed by atoms with van der Waals surface area (Å²) in [6.45, 7) is 2.23. The van der Waals surface area contributed by atoms with Gasteiger partial charge in [0, 0.05) is 24.1 Å². The Hall–Kier alpha value is -1.97. The van der Waals surface area contributed by atoms with Crippen LogP contribution in [0.2, 0.25) is 0 Å². The molecular weight excluding hydrogens is 208 g/mol. The molecule has 0 atom stereocenters. The molecule has 0 radical (unpaired) electrons. The average Bonchev–Trinajstić information content (AvgIpc) is 2.64. The molecule has 0 fully saturated rings. The molecule has 0 saturated heterocycles. The van der Waals surface area contributed by atoms with Crippen LogP contribution in [-0.4, -0.2) is 11.7 Å². The Balaban J connectivity index is 2.51. The van der Waals surface area contributed by atoms with Gasteiger partial charge in [0.05, 0.1) is 6.61 Å². The fourth-order valence-corrected chi connectivity index (χ4v) is 2.07. The van der Waals surface area contributed by atoms with Gasteiger partial charge in [0.1, 0.15) is 28.2 Å². The van der Waals surface area contributed by atoms with E-state index in [0.717, 1.165) is 0 Å². The predicted octanol–water partition coefficient (Wildman–Crippen LogP) is 1.74. The van der Waals surface area contributed by atoms with Gasteiger partial charge in [-0.3, -0.25) is 4.79 Å². The molecule has 1 aromatic carbocycles. The van der Waals surface area contributed by atoms with Gasteiger partial charge in [0.15, 0.2) is 5.43 Å². The summed E-state index contributed by atoms with van der Waals surface area (Å²) in [5.41, 5.74) is 0.859. The van der Waals surface area contributed by atoms with Gasteiger partial charge in [-0.15, -0.1) is 0 Å². The third kappa shape index (κ3) is 1.13. The minimum atomic E-state index is -0.217. The standard InChI is InChI=1S/C12H10O4/c1-6-4-8(13)11-10(16-6)5-9-7(12(11)14)2-3-15-9/h4-5,14H,2-3H2,1H3. The van der Waals surface area contributed by atoms with Gasteiger partial charge in [-0.25, -0.2) is 0 Å². The number of benzene rings is 1. The summed E-state index contributed by atoms with van der Waals surface area (Å²) in [5.74, 6) is 1.13. The SMILES string of the molecule is Cc1cc(=O)c2c(O)c3c(cc2o1)OCC3. The lowest BCUT2D eigenvalue weighted by molar-refractivity contribution is 0.356. The second kappa shape index (κ2) is 3.01. The Kier molecular flexibility index (Phi) is 1.74. The van der Waals surface area contributed by atoms with Crippen molar-refractivity contribution in [2.75, 3.05) is 6.61 Å². The van der Waals surface area contributed by atoms with Crippen LogP contribution in [0.1, 0.15) is 11.3 Å². The van der Waals surface area contributed by atoms with Crippen molar-refractivity contribution in [3.8, 4) is 11.5 Å². The summed E-state index contributed by atoms with van der Waals surface area (Å²) in [6.07, 6.45) is 0.629. The Morgan fingerprint density at radius 3 is 3.00 bits per heavy atom. The van der Waals surface area contributed by atoms with Gasteiger partial charge in [-0.1, -0.05) is 0 Å². The summed E-state index contributed by atoms with van der Waals surface area (Å²) >= 11 is 0. The van der Waals surface area contributed by atoms with Crippen molar-refractivity contribution in [3.05, 3.63) is 33.7 Å². The first kappa shape index (κ1) is 9.27. The van der Waals surface area contributed by atoms with Crippen LogP contribution in [0.4, 0.5) is 0 Å². The molecule has 2 aromatic rings. The molecule has 0 spiro atoms. The Labute approximate surface area is 91.1 Å². The van der Waals surface area contributed by atoms with Crippen molar-refractivity contribution in [3.63, 3.8) is 0 Å². The van der Waals surface area contributed by atoms with Crippen LogP contribution < -0.4 is 10.2 Å². The molecule has 82 valence electrons. The van der Waals surface area contributed by atoms with Crippen molar-refractivity contribution in [1.29, 1.82) is 0 Å². The highest BCUT2D eigenvalue weighted by atomic mass is 16.5. The van der Waals surface area contributed by atoms with E-state index in [-0.39, 0.29) is 16.6 Å². The Morgan fingerprint density at radius 2 is 2.19 bits per heavy atom. The van der Waals surface area contributed by atoms with E-state index in [9.17, 15) is 9.90 Å². The highest BCUT2D eigenvalue weighted by Gasteiger charge is 2.21. The quantitative estimate of drug-likeness (QED) is 0.731. The van der Waals surface area contributed by atoms with Crippen molar-refractivity contribution in [2.45, 2.75) is 13.3 Å². The summed E-state index contributed by atoms with van der Waals surface area (Å²) < 4.78 is 10.8. The zero-order valence-corrected chi connectivity index (χ0v) is 8.74. The van der Waals surface area contributed by atoms with Crippen LogP contribution >= 0.6 is 0 Å². The third-order valence-electron chi connectivity index (χ3n) is 2.79. The Morgan fingerprint density at radius 1 is 1.38 bits per heavy atom. The number of aryl methyl sites for hydroxylation is 1. The van der Waals surface area contributed by atoms with Crippen LogP contribution in [0.15, 0.2) is 21.3 Å². The molecule has 1 aromatic heterocycles. The second-order valence-electron chi connectivity index (χ2n) is 3.89. The van der Waals surface area contributed by atoms with E-state index in [4.69, 9.17) is 9.15 Å². The van der Waals surface area contributed by atoms with Crippen LogP contribution in [0.25, 0.3) is 11.0 Å². The number of aromatic hydroxyl groups is 1. The summed E-state index contributed by atoms with van der Waals surface area (Å²) in [6, 6.07) is 3.05. The molecule has 2 heterocycles. The molecule has 16 heavy (non-hydrogen) atoms. The van der Waals surface area contributed by atoms with Crippen molar-refractivity contribution in [2.24, 2.45) is 0 Å². The van der Waals surface area contributed by atoms with Gasteiger partial charge >= 0.3 is 0 Å². The predicted molar refractivity (Wildman–Crippen MR) is 58.1 cm³/mol. The number of phenolic OH excluding ortho intramolecular Hbond substituents is 1. The molecule has 0 bridgehead atoms. The highest BCUT2D eigenvalue weighted by Crippen LogP contribution is 2.38. The van der Waals surface area contributed by atoms with Crippen LogP contribution in [0.3, 0.4) is 0 Å². The first-order valence-electron chi connectivity index (χ1n) is 5.09. The van der Waals surface area contributed by atoms with Gasteiger partial charge in [0.25, 0.3) is 0 Å². The molecular formula is C12H10O4. The topological polar surface area (TPSA) is 59.7 Å². The number of ether oxygens (including phenoxy) is 1. The van der Waals surface area contributed by atoms with Crippen LogP contribution in [-0.2, 0) is 6.42 Å². The number of hydrogen-bond acceptors (Lipinski definition) is 4. The first-order valence-corrected chi connectivity index (χ1v) is 5.09. The summed E-state index contributed by atoms with van der Waals surface area (Å²) in [7, 11) is 0. The largest absolute Gasteiger partial charge is 0.507 e. The van der Waals surface area contributed by atoms with Crippen molar-refractivity contribution < 1.29 is 14.3 Å². The zero-order valence-electron chi connectivity index (χ0n) is 8.74. The average molecular weight is 218 g/mol. The fourth-order valence-electron chi connectivity index (χ4n) is 2.07. The maximum Gasteiger partial charge on any atom is 0.196 e. The van der Waals surface area contributed by atoms with Gasteiger partial charge < -0.3 is 14.3 Å². The highest BCUT2D eigenvalue weighted by molar-refractivity contribution is 5.87. The lowest BCUT2D eigenvalue weighted by Crippen LogP contribution is -2.01. The number of fused-ring (bicyclic) bond motifs is 2. The number of phenols is 1. The molecule has 1 aliphatic rings. The molecule has 0 unspecified atom stereocenters.